The van der Waals surface area contributed by atoms with Crippen molar-refractivity contribution in [3.63, 3.8) is 0 Å². The summed E-state index contributed by atoms with van der Waals surface area (Å²) in [4.78, 5) is 22.4. The number of Topliss-reactive ketones (excluding diaryl/α,β-unsaturated/α-hetero) is 1. The first-order valence-corrected chi connectivity index (χ1v) is 5.96. The summed E-state index contributed by atoms with van der Waals surface area (Å²) in [7, 11) is 0. The fraction of sp³-hybridized carbons (Fsp3) is 0.692. The first kappa shape index (κ1) is 14.9. The van der Waals surface area contributed by atoms with Gasteiger partial charge in [0.15, 0.2) is 5.78 Å². The second kappa shape index (κ2) is 8.08. The minimum absolute atomic E-state index is 0.0294. The molecule has 0 spiro atoms. The number of carbonyl (C=O) groups is 2. The maximum absolute atomic E-state index is 11.9. The van der Waals surface area contributed by atoms with Gasteiger partial charge in [-0.1, -0.05) is 40.2 Å². The quantitative estimate of drug-likeness (QED) is 0.372. The molecule has 3 heteroatoms. The van der Waals surface area contributed by atoms with Crippen molar-refractivity contribution >= 4 is 12.2 Å². The topological polar surface area (TPSA) is 46.2 Å². The molecule has 0 aromatic carbocycles. The second-order valence-corrected chi connectivity index (χ2v) is 4.43. The van der Waals surface area contributed by atoms with Gasteiger partial charge in [-0.05, 0) is 24.3 Å². The molecule has 0 rings (SSSR count). The molecule has 1 N–H and O–H groups in total. The smallest absolute Gasteiger partial charge is 0.207 e. The second-order valence-electron chi connectivity index (χ2n) is 4.43. The number of hydrogen-bond donors (Lipinski definition) is 1. The predicted molar refractivity (Wildman–Crippen MR) is 66.1 cm³/mol. The zero-order valence-electron chi connectivity index (χ0n) is 10.6. The summed E-state index contributed by atoms with van der Waals surface area (Å²) in [5.74, 6) is 0.0684. The van der Waals surface area contributed by atoms with E-state index in [9.17, 15) is 9.59 Å². The summed E-state index contributed by atoms with van der Waals surface area (Å²) >= 11 is 0. The molecule has 0 saturated heterocycles. The van der Waals surface area contributed by atoms with Crippen molar-refractivity contribution in [3.8, 4) is 0 Å². The number of rotatable bonds is 9. The summed E-state index contributed by atoms with van der Waals surface area (Å²) in [6, 6.07) is -0.424. The molecule has 0 aliphatic carbocycles. The Kier molecular flexibility index (Phi) is 7.52. The highest BCUT2D eigenvalue weighted by Gasteiger charge is 2.22. The van der Waals surface area contributed by atoms with Gasteiger partial charge in [0.25, 0.3) is 0 Å². The average molecular weight is 225 g/mol. The molecule has 1 atom stereocenters. The highest BCUT2D eigenvalue weighted by atomic mass is 16.1. The Hall–Kier alpha value is -1.12. The third-order valence-corrected chi connectivity index (χ3v) is 2.63. The van der Waals surface area contributed by atoms with E-state index in [1.54, 1.807) is 0 Å². The largest absolute Gasteiger partial charge is 0.348 e. The van der Waals surface area contributed by atoms with Crippen LogP contribution in [0.2, 0.25) is 0 Å². The Balaban J connectivity index is 4.26. The third kappa shape index (κ3) is 5.10. The standard InChI is InChI=1S/C13H23NO2/c1-5-6-7-8-11(4)13(16)12(10(2)3)14-9-15/h9-10,12H,4-8H2,1-3H3,(H,14,15). The number of amides is 1. The van der Waals surface area contributed by atoms with E-state index in [1.807, 2.05) is 13.8 Å². The zero-order valence-corrected chi connectivity index (χ0v) is 10.6. The first-order valence-electron chi connectivity index (χ1n) is 5.96. The van der Waals surface area contributed by atoms with Crippen LogP contribution >= 0.6 is 0 Å². The van der Waals surface area contributed by atoms with Crippen LogP contribution in [0.25, 0.3) is 0 Å². The van der Waals surface area contributed by atoms with E-state index in [4.69, 9.17) is 0 Å². The highest BCUT2D eigenvalue weighted by molar-refractivity contribution is 5.99. The Morgan fingerprint density at radius 1 is 1.38 bits per heavy atom. The van der Waals surface area contributed by atoms with E-state index in [0.717, 1.165) is 25.7 Å². The summed E-state index contributed by atoms with van der Waals surface area (Å²) in [6.07, 6.45) is 4.55. The van der Waals surface area contributed by atoms with E-state index >= 15 is 0 Å². The first-order chi connectivity index (χ1) is 7.54. The van der Waals surface area contributed by atoms with E-state index < -0.39 is 6.04 Å². The van der Waals surface area contributed by atoms with Crippen molar-refractivity contribution in [2.45, 2.75) is 52.5 Å². The molecule has 0 fully saturated rings. The maximum Gasteiger partial charge on any atom is 0.207 e. The van der Waals surface area contributed by atoms with Crippen LogP contribution in [0.1, 0.15) is 46.5 Å². The van der Waals surface area contributed by atoms with Crippen LogP contribution in [-0.4, -0.2) is 18.2 Å². The van der Waals surface area contributed by atoms with Crippen LogP contribution in [0.4, 0.5) is 0 Å². The van der Waals surface area contributed by atoms with E-state index in [-0.39, 0.29) is 11.7 Å². The molecule has 0 aliphatic rings. The van der Waals surface area contributed by atoms with Gasteiger partial charge < -0.3 is 5.32 Å². The number of unbranched alkanes of at least 4 members (excludes halogenated alkanes) is 2. The average Bonchev–Trinajstić information content (AvgIpc) is 2.24. The van der Waals surface area contributed by atoms with Crippen molar-refractivity contribution in [2.75, 3.05) is 0 Å². The number of carbonyl (C=O) groups excluding carboxylic acids is 2. The van der Waals surface area contributed by atoms with Crippen LogP contribution in [-0.2, 0) is 9.59 Å². The predicted octanol–water partition coefficient (Wildman–Crippen LogP) is 2.46. The molecule has 0 bridgehead atoms. The van der Waals surface area contributed by atoms with Gasteiger partial charge in [0.2, 0.25) is 6.41 Å². The van der Waals surface area contributed by atoms with Crippen LogP contribution in [0.3, 0.4) is 0 Å². The van der Waals surface area contributed by atoms with Gasteiger partial charge in [-0.25, -0.2) is 0 Å². The molecule has 1 amide bonds. The van der Waals surface area contributed by atoms with Gasteiger partial charge in [0.05, 0.1) is 6.04 Å². The molecule has 92 valence electrons. The van der Waals surface area contributed by atoms with Gasteiger partial charge in [-0.3, -0.25) is 9.59 Å². The fourth-order valence-electron chi connectivity index (χ4n) is 1.58. The minimum Gasteiger partial charge on any atom is -0.348 e. The number of ketones is 1. The molecule has 0 aromatic heterocycles. The lowest BCUT2D eigenvalue weighted by Gasteiger charge is -2.19. The summed E-state index contributed by atoms with van der Waals surface area (Å²) in [5, 5.41) is 2.56. The van der Waals surface area contributed by atoms with Crippen molar-refractivity contribution in [3.05, 3.63) is 12.2 Å². The van der Waals surface area contributed by atoms with Crippen LogP contribution in [0.5, 0.6) is 0 Å². The summed E-state index contributed by atoms with van der Waals surface area (Å²) in [5.41, 5.74) is 0.626. The van der Waals surface area contributed by atoms with E-state index in [0.29, 0.717) is 12.0 Å². The molecule has 1 unspecified atom stereocenters. The molecule has 0 saturated carbocycles. The SMILES string of the molecule is C=C(CCCCC)C(=O)C(NC=O)C(C)C. The molecule has 0 aromatic rings. The molecule has 0 heterocycles. The lowest BCUT2D eigenvalue weighted by Crippen LogP contribution is -2.40. The molecule has 0 radical (unpaired) electrons. The van der Waals surface area contributed by atoms with Crippen LogP contribution in [0.15, 0.2) is 12.2 Å². The Morgan fingerprint density at radius 2 is 2.00 bits per heavy atom. The maximum atomic E-state index is 11.9. The molecular formula is C13H23NO2. The Bertz CT molecular complexity index is 246. The zero-order chi connectivity index (χ0) is 12.6. The van der Waals surface area contributed by atoms with Crippen LogP contribution in [0, 0.1) is 5.92 Å². The fourth-order valence-corrected chi connectivity index (χ4v) is 1.58. The minimum atomic E-state index is -0.424. The van der Waals surface area contributed by atoms with Crippen molar-refractivity contribution in [2.24, 2.45) is 5.92 Å². The van der Waals surface area contributed by atoms with Gasteiger partial charge in [-0.15, -0.1) is 0 Å². The molecule has 3 nitrogen and oxygen atoms in total. The summed E-state index contributed by atoms with van der Waals surface area (Å²) < 4.78 is 0. The van der Waals surface area contributed by atoms with Gasteiger partial charge in [-0.2, -0.15) is 0 Å². The summed E-state index contributed by atoms with van der Waals surface area (Å²) in [6.45, 7) is 9.76. The lowest BCUT2D eigenvalue weighted by molar-refractivity contribution is -0.121. The lowest BCUT2D eigenvalue weighted by atomic mass is 9.93. The normalized spacial score (nSPS) is 12.2. The van der Waals surface area contributed by atoms with E-state index in [1.165, 1.54) is 0 Å². The van der Waals surface area contributed by atoms with Crippen molar-refractivity contribution < 1.29 is 9.59 Å². The highest BCUT2D eigenvalue weighted by Crippen LogP contribution is 2.13. The number of nitrogens with one attached hydrogen (secondary N) is 1. The van der Waals surface area contributed by atoms with Crippen LogP contribution < -0.4 is 5.32 Å². The van der Waals surface area contributed by atoms with Gasteiger partial charge in [0, 0.05) is 0 Å². The van der Waals surface area contributed by atoms with E-state index in [2.05, 4.69) is 18.8 Å². The molecular weight excluding hydrogens is 202 g/mol. The monoisotopic (exact) mass is 225 g/mol. The van der Waals surface area contributed by atoms with Crippen molar-refractivity contribution in [1.82, 2.24) is 5.32 Å². The Labute approximate surface area is 98.3 Å². The van der Waals surface area contributed by atoms with Gasteiger partial charge in [0.1, 0.15) is 0 Å². The Morgan fingerprint density at radius 3 is 2.44 bits per heavy atom. The van der Waals surface area contributed by atoms with Gasteiger partial charge >= 0.3 is 0 Å². The number of hydrogen-bond acceptors (Lipinski definition) is 2. The van der Waals surface area contributed by atoms with Crippen molar-refractivity contribution in [1.29, 1.82) is 0 Å². The molecule has 0 aliphatic heterocycles. The third-order valence-electron chi connectivity index (χ3n) is 2.63. The molecule has 16 heavy (non-hydrogen) atoms.